The summed E-state index contributed by atoms with van der Waals surface area (Å²) in [6.07, 6.45) is 1.09. The lowest BCUT2D eigenvalue weighted by molar-refractivity contribution is 0.0694. The van der Waals surface area contributed by atoms with Crippen LogP contribution in [-0.2, 0) is 6.54 Å². The topological polar surface area (TPSA) is 98.4 Å². The van der Waals surface area contributed by atoms with Crippen molar-refractivity contribution in [2.75, 3.05) is 37.6 Å². The number of rotatable bonds is 6. The van der Waals surface area contributed by atoms with Gasteiger partial charge in [0.25, 0.3) is 0 Å². The van der Waals surface area contributed by atoms with E-state index in [1.807, 2.05) is 4.90 Å². The van der Waals surface area contributed by atoms with Crippen LogP contribution in [0.1, 0.15) is 22.8 Å². The average Bonchev–Trinajstić information content (AvgIpc) is 2.84. The van der Waals surface area contributed by atoms with E-state index in [4.69, 9.17) is 11.6 Å². The van der Waals surface area contributed by atoms with Crippen LogP contribution in [0, 0.1) is 11.6 Å². The summed E-state index contributed by atoms with van der Waals surface area (Å²) < 4.78 is 32.0. The molecule has 0 radical (unpaired) electrons. The summed E-state index contributed by atoms with van der Waals surface area (Å²) in [5.74, 6) is -3.28. The smallest absolute Gasteiger partial charge is 0.341 e. The molecule has 1 aromatic heterocycles. The van der Waals surface area contributed by atoms with E-state index in [0.717, 1.165) is 12.3 Å². The number of aryl methyl sites for hydroxylation is 1. The van der Waals surface area contributed by atoms with Gasteiger partial charge in [0.2, 0.25) is 5.43 Å². The molecule has 0 saturated carbocycles. The van der Waals surface area contributed by atoms with Crippen molar-refractivity contribution in [1.29, 1.82) is 0 Å². The Labute approximate surface area is 204 Å². The van der Waals surface area contributed by atoms with Crippen LogP contribution in [0.15, 0.2) is 46.5 Å². The van der Waals surface area contributed by atoms with E-state index in [0.29, 0.717) is 49.0 Å². The van der Waals surface area contributed by atoms with Gasteiger partial charge in [-0.25, -0.2) is 13.6 Å². The molecule has 3 aromatic rings. The number of carboxylic acids is 1. The van der Waals surface area contributed by atoms with Crippen molar-refractivity contribution < 1.29 is 23.9 Å². The maximum absolute atomic E-state index is 15.6. The molecule has 35 heavy (non-hydrogen) atoms. The molecule has 1 fully saturated rings. The monoisotopic (exact) mass is 504 g/mol. The number of anilines is 1. The molecule has 2 aromatic carbocycles. The summed E-state index contributed by atoms with van der Waals surface area (Å²) in [4.78, 5) is 27.5. The summed E-state index contributed by atoms with van der Waals surface area (Å²) in [7, 11) is 0. The van der Waals surface area contributed by atoms with Crippen LogP contribution in [0.25, 0.3) is 10.9 Å². The predicted octanol–water partition coefficient (Wildman–Crippen LogP) is 3.65. The number of aromatic nitrogens is 1. The van der Waals surface area contributed by atoms with Gasteiger partial charge in [-0.15, -0.1) is 0 Å². The first-order chi connectivity index (χ1) is 16.7. The fourth-order valence-electron chi connectivity index (χ4n) is 4.33. The molecule has 0 aliphatic carbocycles. The van der Waals surface area contributed by atoms with Crippen LogP contribution in [0.2, 0.25) is 5.02 Å². The molecule has 0 amide bonds. The van der Waals surface area contributed by atoms with Crippen LogP contribution >= 0.6 is 11.6 Å². The lowest BCUT2D eigenvalue weighted by Crippen LogP contribution is -2.48. The minimum absolute atomic E-state index is 0.126. The summed E-state index contributed by atoms with van der Waals surface area (Å²) in [5, 5.41) is 22.4. The van der Waals surface area contributed by atoms with Crippen LogP contribution in [-0.4, -0.2) is 64.2 Å². The summed E-state index contributed by atoms with van der Waals surface area (Å²) in [6, 6.07) is 7.80. The molecule has 4 rings (SSSR count). The molecule has 2 heterocycles. The van der Waals surface area contributed by atoms with E-state index >= 15 is 8.78 Å². The highest BCUT2D eigenvalue weighted by Crippen LogP contribution is 2.31. The Morgan fingerprint density at radius 2 is 1.80 bits per heavy atom. The first-order valence-corrected chi connectivity index (χ1v) is 11.4. The molecule has 0 spiro atoms. The van der Waals surface area contributed by atoms with Gasteiger partial charge in [0, 0.05) is 56.1 Å². The van der Waals surface area contributed by atoms with E-state index in [-0.39, 0.29) is 23.1 Å². The first kappa shape index (κ1) is 24.6. The largest absolute Gasteiger partial charge is 0.477 e. The van der Waals surface area contributed by atoms with Gasteiger partial charge in [0.15, 0.2) is 5.82 Å². The number of nitrogens with zero attached hydrogens (tertiary/aromatic N) is 4. The number of carboxylic acid groups (broad SMARTS) is 1. The maximum Gasteiger partial charge on any atom is 0.341 e. The third kappa shape index (κ3) is 4.71. The van der Waals surface area contributed by atoms with E-state index in [2.05, 4.69) is 5.16 Å². The second-order valence-corrected chi connectivity index (χ2v) is 8.63. The van der Waals surface area contributed by atoms with Crippen LogP contribution in [0.5, 0.6) is 0 Å². The average molecular weight is 505 g/mol. The molecule has 0 atom stereocenters. The Bertz CT molecular complexity index is 1370. The summed E-state index contributed by atoms with van der Waals surface area (Å²) in [5.41, 5.74) is -0.691. The molecule has 184 valence electrons. The minimum Gasteiger partial charge on any atom is -0.477 e. The zero-order valence-electron chi connectivity index (χ0n) is 18.8. The number of piperazine rings is 1. The number of benzene rings is 2. The van der Waals surface area contributed by atoms with Gasteiger partial charge < -0.3 is 19.8 Å². The van der Waals surface area contributed by atoms with Gasteiger partial charge in [-0.2, -0.15) is 0 Å². The second-order valence-electron chi connectivity index (χ2n) is 8.20. The third-order valence-electron chi connectivity index (χ3n) is 6.16. The molecule has 8 nitrogen and oxygen atoms in total. The third-order valence-corrected chi connectivity index (χ3v) is 6.41. The second kappa shape index (κ2) is 10.0. The van der Waals surface area contributed by atoms with Crippen molar-refractivity contribution >= 4 is 39.9 Å². The van der Waals surface area contributed by atoms with E-state index in [9.17, 15) is 19.9 Å². The quantitative estimate of drug-likeness (QED) is 0.302. The predicted molar refractivity (Wildman–Crippen MR) is 129 cm³/mol. The zero-order chi connectivity index (χ0) is 25.3. The number of hydrogen-bond acceptors (Lipinski definition) is 6. The molecule has 1 aliphatic heterocycles. The van der Waals surface area contributed by atoms with Gasteiger partial charge in [-0.1, -0.05) is 28.9 Å². The Morgan fingerprint density at radius 1 is 1.14 bits per heavy atom. The lowest BCUT2D eigenvalue weighted by Gasteiger charge is -2.36. The van der Waals surface area contributed by atoms with Crippen LogP contribution < -0.4 is 10.3 Å². The standard InChI is InChI=1S/C24H23ClF2N4O4/c1-2-30-12-17(24(33)34)23(32)16-11-18(26)22(20(27)21(16)30)31-9-7-29(8-10-31)13-19(28-35)14-3-5-15(25)6-4-14/h3-6,11-12,35H,2,7-10,13H2,1H3,(H,33,34)/b28-19+. The van der Waals surface area contributed by atoms with E-state index < -0.39 is 28.6 Å². The number of halogens is 3. The molecular formula is C24H23ClF2N4O4. The fraction of sp³-hybridized carbons (Fsp3) is 0.292. The first-order valence-electron chi connectivity index (χ1n) is 11.0. The fourth-order valence-corrected chi connectivity index (χ4v) is 4.46. The highest BCUT2D eigenvalue weighted by Gasteiger charge is 2.27. The van der Waals surface area contributed by atoms with Crippen molar-refractivity contribution in [3.05, 3.63) is 74.5 Å². The maximum atomic E-state index is 15.6. The van der Waals surface area contributed by atoms with E-state index in [1.165, 1.54) is 4.57 Å². The van der Waals surface area contributed by atoms with Crippen LogP contribution in [0.4, 0.5) is 14.5 Å². The van der Waals surface area contributed by atoms with Crippen molar-refractivity contribution in [3.63, 3.8) is 0 Å². The number of fused-ring (bicyclic) bond motifs is 1. The number of carbonyl (C=O) groups is 1. The van der Waals surface area contributed by atoms with Crippen molar-refractivity contribution in [2.24, 2.45) is 5.16 Å². The Kier molecular flexibility index (Phi) is 7.04. The van der Waals surface area contributed by atoms with Gasteiger partial charge in [0.1, 0.15) is 22.8 Å². The number of oxime groups is 1. The SMILES string of the molecule is CCn1cc(C(=O)O)c(=O)c2cc(F)c(N3CCN(C/C(=N\O)c4ccc(Cl)cc4)CC3)c(F)c21. The van der Waals surface area contributed by atoms with Gasteiger partial charge in [-0.05, 0) is 25.1 Å². The Balaban J connectivity index is 1.59. The van der Waals surface area contributed by atoms with Gasteiger partial charge in [-0.3, -0.25) is 9.69 Å². The lowest BCUT2D eigenvalue weighted by atomic mass is 10.1. The highest BCUT2D eigenvalue weighted by molar-refractivity contribution is 6.30. The molecule has 0 unspecified atom stereocenters. The van der Waals surface area contributed by atoms with Crippen molar-refractivity contribution in [2.45, 2.75) is 13.5 Å². The number of aromatic carboxylic acids is 1. The minimum atomic E-state index is -1.45. The van der Waals surface area contributed by atoms with Gasteiger partial charge >= 0.3 is 5.97 Å². The Morgan fingerprint density at radius 3 is 2.37 bits per heavy atom. The normalized spacial score (nSPS) is 15.1. The summed E-state index contributed by atoms with van der Waals surface area (Å²) >= 11 is 5.91. The van der Waals surface area contributed by atoms with Crippen LogP contribution in [0.3, 0.4) is 0 Å². The van der Waals surface area contributed by atoms with Gasteiger partial charge in [0.05, 0.1) is 10.9 Å². The number of pyridine rings is 1. The van der Waals surface area contributed by atoms with Crippen molar-refractivity contribution in [1.82, 2.24) is 9.47 Å². The van der Waals surface area contributed by atoms with E-state index in [1.54, 1.807) is 36.1 Å². The zero-order valence-corrected chi connectivity index (χ0v) is 19.6. The highest BCUT2D eigenvalue weighted by atomic mass is 35.5. The molecule has 1 saturated heterocycles. The molecule has 11 heteroatoms. The van der Waals surface area contributed by atoms with Crippen molar-refractivity contribution in [3.8, 4) is 0 Å². The molecular weight excluding hydrogens is 482 g/mol. The summed E-state index contributed by atoms with van der Waals surface area (Å²) in [6.45, 7) is 3.69. The molecule has 0 bridgehead atoms. The number of hydrogen-bond donors (Lipinski definition) is 2. The Hall–Kier alpha value is -3.50. The molecule has 2 N–H and O–H groups in total. The molecule has 1 aliphatic rings.